The van der Waals surface area contributed by atoms with Crippen molar-refractivity contribution in [1.29, 1.82) is 0 Å². The average molecular weight is 1070 g/mol. The quantitative estimate of drug-likeness (QED) is 0.0678. The number of piperazine rings is 1. The van der Waals surface area contributed by atoms with Crippen molar-refractivity contribution in [2.24, 2.45) is 0 Å². The summed E-state index contributed by atoms with van der Waals surface area (Å²) in [6, 6.07) is 17.9. The van der Waals surface area contributed by atoms with E-state index in [9.17, 15) is 39.2 Å². The Balaban J connectivity index is 1.13. The number of sulfone groups is 1. The van der Waals surface area contributed by atoms with E-state index in [1.165, 1.54) is 30.4 Å². The van der Waals surface area contributed by atoms with Crippen LogP contribution in [0.2, 0.25) is 5.02 Å². The van der Waals surface area contributed by atoms with Crippen molar-refractivity contribution in [3.63, 3.8) is 0 Å². The van der Waals surface area contributed by atoms with Crippen molar-refractivity contribution in [2.45, 2.75) is 48.8 Å². The summed E-state index contributed by atoms with van der Waals surface area (Å²) in [4.78, 5) is 20.6. The van der Waals surface area contributed by atoms with Crippen LogP contribution in [0.3, 0.4) is 0 Å². The molecule has 1 aliphatic rings. The number of nitrogens with one attached hydrogen (secondary N) is 2. The Hall–Kier alpha value is -4.76. The largest absolute Gasteiger partial charge is 0.488 e. The first-order valence-electron chi connectivity index (χ1n) is 20.7. The van der Waals surface area contributed by atoms with Gasteiger partial charge in [0.25, 0.3) is 20.2 Å². The van der Waals surface area contributed by atoms with Crippen LogP contribution in [0.15, 0.2) is 88.6 Å². The molecule has 362 valence electrons. The molecular weight excluding hydrogens is 1020 g/mol. The number of aryl methyl sites for hydroxylation is 1. The summed E-state index contributed by atoms with van der Waals surface area (Å²) < 4.78 is 107. The third-order valence-corrected chi connectivity index (χ3v) is 15.8. The van der Waals surface area contributed by atoms with E-state index in [1.807, 2.05) is 53.3 Å². The third-order valence-electron chi connectivity index (χ3n) is 10.3. The standard InChI is InChI=1S/C42H50BrClN8O12S3/c1-50(25-40(53)47-22-41(66(56,57)58)67(59,60)61)23-32-18-37(44)39(19-38(32)63-26-29-16-35(21-46-20-29)65(2,54)55)64-27-31-7-4-9-36(42(31)43)30-6-3-8-34(17-30)62-28-33-24-52(49-48-33)13-5-12-51-14-10-45-11-15-51/h3-4,6-9,16-21,24,41,45H,5,10-15,22-23,25-28H2,1-2H3,(H,47,53)(H,56,57,58)(H,59,60,61). The lowest BCUT2D eigenvalue weighted by molar-refractivity contribution is -0.121. The molecule has 20 nitrogen and oxygen atoms in total. The Morgan fingerprint density at radius 1 is 0.910 bits per heavy atom. The number of hydrogen-bond acceptors (Lipinski definition) is 16. The van der Waals surface area contributed by atoms with Gasteiger partial charge in [-0.05, 0) is 64.8 Å². The number of halogens is 2. The minimum absolute atomic E-state index is 0.00172. The smallest absolute Gasteiger partial charge is 0.286 e. The molecule has 0 atom stereocenters. The summed E-state index contributed by atoms with van der Waals surface area (Å²) in [6.45, 7) is 4.59. The van der Waals surface area contributed by atoms with Crippen LogP contribution in [0.1, 0.15) is 28.8 Å². The van der Waals surface area contributed by atoms with Crippen LogP contribution in [-0.4, -0.2) is 134 Å². The lowest BCUT2D eigenvalue weighted by Crippen LogP contribution is -2.44. The Morgan fingerprint density at radius 2 is 1.64 bits per heavy atom. The second-order valence-corrected chi connectivity index (χ2v) is 22.4. The van der Waals surface area contributed by atoms with Crippen LogP contribution in [0, 0.1) is 0 Å². The van der Waals surface area contributed by atoms with Crippen molar-refractivity contribution < 1.29 is 53.4 Å². The van der Waals surface area contributed by atoms with Crippen LogP contribution in [0.25, 0.3) is 11.1 Å². The number of hydrogen-bond donors (Lipinski definition) is 4. The number of benzene rings is 3. The maximum atomic E-state index is 12.7. The van der Waals surface area contributed by atoms with Gasteiger partial charge >= 0.3 is 0 Å². The number of pyridine rings is 1. The van der Waals surface area contributed by atoms with E-state index >= 15 is 0 Å². The fraction of sp³-hybridized carbons (Fsp3) is 0.381. The second kappa shape index (κ2) is 23.0. The maximum Gasteiger partial charge on any atom is 0.286 e. The zero-order chi connectivity index (χ0) is 48.4. The molecule has 0 bridgehead atoms. The molecule has 1 aliphatic heterocycles. The monoisotopic (exact) mass is 1070 g/mol. The fourth-order valence-corrected chi connectivity index (χ4v) is 10.2. The first-order chi connectivity index (χ1) is 31.7. The highest BCUT2D eigenvalue weighted by Crippen LogP contribution is 2.37. The van der Waals surface area contributed by atoms with Gasteiger partial charge in [0.05, 0.1) is 29.2 Å². The number of carbonyl (C=O) groups excluding carboxylic acids is 1. The van der Waals surface area contributed by atoms with Gasteiger partial charge in [-0.1, -0.05) is 47.1 Å². The fourth-order valence-electron chi connectivity index (χ4n) is 6.95. The van der Waals surface area contributed by atoms with Gasteiger partial charge < -0.3 is 29.7 Å². The predicted octanol–water partition coefficient (Wildman–Crippen LogP) is 3.84. The average Bonchev–Trinajstić information content (AvgIpc) is 3.72. The number of nitrogens with zero attached hydrogens (tertiary/aromatic N) is 6. The highest BCUT2D eigenvalue weighted by molar-refractivity contribution is 9.10. The molecule has 5 aromatic rings. The summed E-state index contributed by atoms with van der Waals surface area (Å²) in [5.74, 6) is 0.283. The summed E-state index contributed by atoms with van der Waals surface area (Å²) >= 11 is 10.5. The summed E-state index contributed by atoms with van der Waals surface area (Å²) in [5.41, 5.74) is 4.13. The normalized spacial score (nSPS) is 13.8. The SMILES string of the molecule is CN(CC(=O)NCC(S(=O)(=O)O)S(=O)(=O)O)Cc1cc(Cl)c(OCc2cccc(-c3cccc(OCc4cn(CCCN5CCNCC5)nn4)c3)c2Br)cc1OCc1cncc(S(C)(=O)=O)c1. The number of amides is 1. The molecule has 1 amide bonds. The molecule has 0 unspecified atom stereocenters. The van der Waals surface area contributed by atoms with E-state index < -0.39 is 53.7 Å². The van der Waals surface area contributed by atoms with Crippen molar-refractivity contribution >= 4 is 63.5 Å². The van der Waals surface area contributed by atoms with Gasteiger partial charge in [-0.15, -0.1) is 5.10 Å². The van der Waals surface area contributed by atoms with Crippen LogP contribution < -0.4 is 24.8 Å². The zero-order valence-electron chi connectivity index (χ0n) is 36.4. The second-order valence-electron chi connectivity index (χ2n) is 15.7. The van der Waals surface area contributed by atoms with Crippen molar-refractivity contribution in [2.75, 3.05) is 59.1 Å². The van der Waals surface area contributed by atoms with Crippen LogP contribution in [0.5, 0.6) is 17.2 Å². The Kier molecular flexibility index (Phi) is 17.7. The van der Waals surface area contributed by atoms with Crippen LogP contribution in [0.4, 0.5) is 0 Å². The molecule has 25 heteroatoms. The molecule has 1 saturated heterocycles. The van der Waals surface area contributed by atoms with Crippen LogP contribution >= 0.6 is 27.5 Å². The molecule has 3 heterocycles. The van der Waals surface area contributed by atoms with Gasteiger partial charge in [0.1, 0.15) is 42.8 Å². The van der Waals surface area contributed by atoms with Gasteiger partial charge in [0.15, 0.2) is 9.84 Å². The van der Waals surface area contributed by atoms with Crippen LogP contribution in [-0.2, 0) is 67.8 Å². The first-order valence-corrected chi connectivity index (χ1v) is 26.7. The predicted molar refractivity (Wildman–Crippen MR) is 252 cm³/mol. The topological polar surface area (TPSA) is 262 Å². The molecule has 0 aliphatic carbocycles. The van der Waals surface area contributed by atoms with Gasteiger partial charge in [0.2, 0.25) is 10.5 Å². The van der Waals surface area contributed by atoms with E-state index in [0.29, 0.717) is 16.9 Å². The highest BCUT2D eigenvalue weighted by atomic mass is 79.9. The molecular formula is C42H50BrClN8O12S3. The van der Waals surface area contributed by atoms with E-state index in [1.54, 1.807) is 12.1 Å². The molecule has 6 rings (SSSR count). The van der Waals surface area contributed by atoms with E-state index in [-0.39, 0.29) is 47.8 Å². The molecule has 0 saturated carbocycles. The number of carbonyl (C=O) groups is 1. The Bertz CT molecular complexity index is 2840. The molecule has 4 N–H and O–H groups in total. The van der Waals surface area contributed by atoms with E-state index in [2.05, 4.69) is 46.8 Å². The number of ether oxygens (including phenoxy) is 3. The summed E-state index contributed by atoms with van der Waals surface area (Å²) in [5, 5.41) is 14.2. The minimum Gasteiger partial charge on any atom is -0.488 e. The summed E-state index contributed by atoms with van der Waals surface area (Å²) in [6.07, 6.45) is 6.60. The molecule has 3 aromatic carbocycles. The third kappa shape index (κ3) is 15.4. The summed E-state index contributed by atoms with van der Waals surface area (Å²) in [7, 11) is -12.6. The highest BCUT2D eigenvalue weighted by Gasteiger charge is 2.36. The molecule has 0 radical (unpaired) electrons. The van der Waals surface area contributed by atoms with Gasteiger partial charge in [-0.25, -0.2) is 8.42 Å². The lowest BCUT2D eigenvalue weighted by Gasteiger charge is -2.26. The van der Waals surface area contributed by atoms with Gasteiger partial charge in [0, 0.05) is 91.7 Å². The van der Waals surface area contributed by atoms with Gasteiger partial charge in [-0.3, -0.25) is 28.5 Å². The number of aromatic nitrogens is 4. The maximum absolute atomic E-state index is 12.7. The zero-order valence-corrected chi connectivity index (χ0v) is 41.2. The van der Waals surface area contributed by atoms with Gasteiger partial charge in [-0.2, -0.15) is 16.8 Å². The molecule has 0 spiro atoms. The Labute approximate surface area is 402 Å². The first kappa shape index (κ1) is 51.6. The minimum atomic E-state index is -5.27. The molecule has 67 heavy (non-hydrogen) atoms. The van der Waals surface area contributed by atoms with E-state index in [4.69, 9.17) is 25.8 Å². The van der Waals surface area contributed by atoms with Crippen molar-refractivity contribution in [3.05, 3.63) is 111 Å². The van der Waals surface area contributed by atoms with Crippen molar-refractivity contribution in [1.82, 2.24) is 40.4 Å². The van der Waals surface area contributed by atoms with E-state index in [0.717, 1.165) is 78.8 Å². The number of rotatable bonds is 23. The molecule has 1 fully saturated rings. The Morgan fingerprint density at radius 3 is 2.37 bits per heavy atom. The number of likely N-dealkylation sites (N-methyl/N-ethyl adjacent to an activating group) is 1. The lowest BCUT2D eigenvalue weighted by atomic mass is 10.0. The molecule has 2 aromatic heterocycles. The van der Waals surface area contributed by atoms with Crippen molar-refractivity contribution in [3.8, 4) is 28.4 Å².